The molecule has 1 atom stereocenters. The molecule has 8 heteroatoms. The Morgan fingerprint density at radius 3 is 2.56 bits per heavy atom. The van der Waals surface area contributed by atoms with Crippen LogP contribution in [0.2, 0.25) is 0 Å². The Hall–Kier alpha value is -3.42. The maximum Gasteiger partial charge on any atom is 0.282 e. The second-order valence-electron chi connectivity index (χ2n) is 6.24. The molecule has 0 saturated carbocycles. The van der Waals surface area contributed by atoms with Gasteiger partial charge in [-0.1, -0.05) is 12.1 Å². The van der Waals surface area contributed by atoms with Gasteiger partial charge in [0.25, 0.3) is 11.9 Å². The first-order valence-electron chi connectivity index (χ1n) is 8.59. The van der Waals surface area contributed by atoms with E-state index in [0.717, 1.165) is 18.4 Å². The van der Waals surface area contributed by atoms with Gasteiger partial charge in [0.2, 0.25) is 5.91 Å². The molecule has 0 saturated heterocycles. The maximum atomic E-state index is 12.3. The molecule has 0 aliphatic carbocycles. The van der Waals surface area contributed by atoms with Crippen LogP contribution in [0.15, 0.2) is 47.6 Å². The van der Waals surface area contributed by atoms with E-state index in [1.54, 1.807) is 12.1 Å². The van der Waals surface area contributed by atoms with Crippen molar-refractivity contribution in [3.05, 3.63) is 53.7 Å². The van der Waals surface area contributed by atoms with E-state index in [4.69, 9.17) is 10.5 Å². The highest BCUT2D eigenvalue weighted by molar-refractivity contribution is 6.04. The highest BCUT2D eigenvalue weighted by Gasteiger charge is 2.16. The number of amides is 2. The molecule has 2 amide bonds. The number of nitrogens with two attached hydrogens (primary N) is 1. The SMILES string of the molecule is CC(=O)Nc1ccc(C(=O)Nc2ccc(CCC3COC(N)=N3)cc2)cn1. The number of pyridine rings is 1. The van der Waals surface area contributed by atoms with Crippen LogP contribution in [0.1, 0.15) is 29.3 Å². The zero-order valence-electron chi connectivity index (χ0n) is 14.9. The van der Waals surface area contributed by atoms with Crippen LogP contribution in [0.25, 0.3) is 0 Å². The third-order valence-corrected chi connectivity index (χ3v) is 4.04. The predicted octanol–water partition coefficient (Wildman–Crippen LogP) is 1.94. The lowest BCUT2D eigenvalue weighted by Gasteiger charge is -2.08. The molecule has 1 unspecified atom stereocenters. The summed E-state index contributed by atoms with van der Waals surface area (Å²) >= 11 is 0. The smallest absolute Gasteiger partial charge is 0.282 e. The molecule has 2 heterocycles. The van der Waals surface area contributed by atoms with E-state index >= 15 is 0 Å². The molecule has 0 bridgehead atoms. The topological polar surface area (TPSA) is 119 Å². The number of hydrogen-bond acceptors (Lipinski definition) is 6. The first kappa shape index (κ1) is 18.4. The number of amidine groups is 1. The molecule has 1 aliphatic heterocycles. The van der Waals surface area contributed by atoms with Crippen molar-refractivity contribution in [2.24, 2.45) is 10.7 Å². The van der Waals surface area contributed by atoms with Gasteiger partial charge in [-0.05, 0) is 42.7 Å². The van der Waals surface area contributed by atoms with Crippen LogP contribution in [0.3, 0.4) is 0 Å². The van der Waals surface area contributed by atoms with E-state index in [1.807, 2.05) is 24.3 Å². The van der Waals surface area contributed by atoms with E-state index in [-0.39, 0.29) is 23.9 Å². The largest absolute Gasteiger partial charge is 0.463 e. The summed E-state index contributed by atoms with van der Waals surface area (Å²) in [5.41, 5.74) is 7.75. The number of carbonyl (C=O) groups is 2. The summed E-state index contributed by atoms with van der Waals surface area (Å²) in [5.74, 6) is -0.0739. The molecule has 4 N–H and O–H groups in total. The van der Waals surface area contributed by atoms with Crippen LogP contribution in [0, 0.1) is 0 Å². The number of aromatic nitrogens is 1. The normalized spacial score (nSPS) is 15.6. The summed E-state index contributed by atoms with van der Waals surface area (Å²) in [4.78, 5) is 31.5. The third kappa shape index (κ3) is 5.27. The van der Waals surface area contributed by atoms with Gasteiger partial charge in [0.1, 0.15) is 12.4 Å². The quantitative estimate of drug-likeness (QED) is 0.721. The van der Waals surface area contributed by atoms with Crippen LogP contribution in [-0.2, 0) is 16.0 Å². The van der Waals surface area contributed by atoms with Crippen molar-refractivity contribution < 1.29 is 14.3 Å². The molecule has 8 nitrogen and oxygen atoms in total. The molecule has 27 heavy (non-hydrogen) atoms. The predicted molar refractivity (Wildman–Crippen MR) is 103 cm³/mol. The number of carbonyl (C=O) groups excluding carboxylic acids is 2. The first-order chi connectivity index (χ1) is 13.0. The van der Waals surface area contributed by atoms with Crippen LogP contribution in [0.5, 0.6) is 0 Å². The Bertz CT molecular complexity index is 847. The van der Waals surface area contributed by atoms with E-state index in [9.17, 15) is 9.59 Å². The zero-order valence-corrected chi connectivity index (χ0v) is 14.9. The van der Waals surface area contributed by atoms with Crippen LogP contribution in [0.4, 0.5) is 11.5 Å². The molecule has 1 aromatic heterocycles. The van der Waals surface area contributed by atoms with Gasteiger partial charge in [-0.2, -0.15) is 0 Å². The standard InChI is InChI=1S/C19H21N5O3/c1-12(25)22-17-9-5-14(10-21-17)18(26)23-15-6-2-13(3-7-15)4-8-16-11-27-19(20)24-16/h2-3,5-7,9-10,16H,4,8,11H2,1H3,(H2,20,24)(H,23,26)(H,21,22,25). The van der Waals surface area contributed by atoms with Crippen molar-refractivity contribution in [1.29, 1.82) is 0 Å². The number of anilines is 2. The minimum Gasteiger partial charge on any atom is -0.463 e. The lowest BCUT2D eigenvalue weighted by Crippen LogP contribution is -2.13. The second-order valence-corrected chi connectivity index (χ2v) is 6.24. The van der Waals surface area contributed by atoms with E-state index in [0.29, 0.717) is 23.7 Å². The van der Waals surface area contributed by atoms with Crippen LogP contribution in [-0.4, -0.2) is 35.5 Å². The monoisotopic (exact) mass is 367 g/mol. The van der Waals surface area contributed by atoms with Crippen molar-refractivity contribution in [2.45, 2.75) is 25.8 Å². The number of nitrogens with one attached hydrogen (secondary N) is 2. The highest BCUT2D eigenvalue weighted by Crippen LogP contribution is 2.15. The van der Waals surface area contributed by atoms with Crippen molar-refractivity contribution in [2.75, 3.05) is 17.2 Å². The summed E-state index contributed by atoms with van der Waals surface area (Å²) in [5, 5.41) is 5.38. The molecule has 2 aromatic rings. The molecule has 1 aromatic carbocycles. The van der Waals surface area contributed by atoms with E-state index < -0.39 is 0 Å². The average molecular weight is 367 g/mol. The Balaban J connectivity index is 1.52. The Kier molecular flexibility index (Phi) is 5.65. The number of rotatable bonds is 6. The fraction of sp³-hybridized carbons (Fsp3) is 0.263. The fourth-order valence-electron chi connectivity index (χ4n) is 2.66. The lowest BCUT2D eigenvalue weighted by atomic mass is 10.1. The number of aryl methyl sites for hydroxylation is 1. The molecule has 0 fully saturated rings. The van der Waals surface area contributed by atoms with Crippen LogP contribution >= 0.6 is 0 Å². The van der Waals surface area contributed by atoms with Gasteiger partial charge >= 0.3 is 0 Å². The van der Waals surface area contributed by atoms with Gasteiger partial charge in [-0.15, -0.1) is 0 Å². The fourth-order valence-corrected chi connectivity index (χ4v) is 2.66. The minimum absolute atomic E-state index is 0.109. The summed E-state index contributed by atoms with van der Waals surface area (Å²) in [6.45, 7) is 1.94. The number of nitrogens with zero attached hydrogens (tertiary/aromatic N) is 2. The number of aliphatic imine (C=N–C) groups is 1. The summed E-state index contributed by atoms with van der Waals surface area (Å²) in [6, 6.07) is 11.2. The molecular formula is C19H21N5O3. The maximum absolute atomic E-state index is 12.3. The average Bonchev–Trinajstić information content (AvgIpc) is 3.06. The van der Waals surface area contributed by atoms with Gasteiger partial charge in [-0.3, -0.25) is 9.59 Å². The number of hydrogen-bond donors (Lipinski definition) is 3. The van der Waals surface area contributed by atoms with Crippen molar-refractivity contribution in [3.8, 4) is 0 Å². The summed E-state index contributed by atoms with van der Waals surface area (Å²) in [6.07, 6.45) is 3.14. The Labute approximate surface area is 156 Å². The molecular weight excluding hydrogens is 346 g/mol. The lowest BCUT2D eigenvalue weighted by molar-refractivity contribution is -0.114. The highest BCUT2D eigenvalue weighted by atomic mass is 16.5. The summed E-state index contributed by atoms with van der Waals surface area (Å²) < 4.78 is 5.14. The van der Waals surface area contributed by atoms with Crippen molar-refractivity contribution in [3.63, 3.8) is 0 Å². The van der Waals surface area contributed by atoms with Crippen molar-refractivity contribution in [1.82, 2.24) is 4.98 Å². The Morgan fingerprint density at radius 1 is 1.19 bits per heavy atom. The van der Waals surface area contributed by atoms with Gasteiger partial charge in [0.05, 0.1) is 11.6 Å². The van der Waals surface area contributed by atoms with Gasteiger partial charge in [0.15, 0.2) is 0 Å². The van der Waals surface area contributed by atoms with E-state index in [1.165, 1.54) is 13.1 Å². The van der Waals surface area contributed by atoms with Gasteiger partial charge in [-0.25, -0.2) is 9.98 Å². The minimum atomic E-state index is -0.266. The third-order valence-electron chi connectivity index (χ3n) is 4.04. The summed E-state index contributed by atoms with van der Waals surface area (Å²) in [7, 11) is 0. The molecule has 1 aliphatic rings. The molecule has 140 valence electrons. The van der Waals surface area contributed by atoms with Gasteiger partial charge < -0.3 is 21.1 Å². The van der Waals surface area contributed by atoms with Gasteiger partial charge in [0, 0.05) is 18.8 Å². The molecule has 0 radical (unpaired) electrons. The molecule has 0 spiro atoms. The molecule has 3 rings (SSSR count). The Morgan fingerprint density at radius 2 is 1.96 bits per heavy atom. The number of ether oxygens (including phenoxy) is 1. The van der Waals surface area contributed by atoms with E-state index in [2.05, 4.69) is 20.6 Å². The second kappa shape index (κ2) is 8.31. The van der Waals surface area contributed by atoms with Crippen LogP contribution < -0.4 is 16.4 Å². The van der Waals surface area contributed by atoms with Crippen molar-refractivity contribution >= 4 is 29.3 Å². The first-order valence-corrected chi connectivity index (χ1v) is 8.59. The zero-order chi connectivity index (χ0) is 19.2. The number of benzene rings is 1.